The number of hydrogen-bond acceptors (Lipinski definition) is 4. The van der Waals surface area contributed by atoms with Gasteiger partial charge < -0.3 is 10.1 Å². The highest BCUT2D eigenvalue weighted by atomic mass is 16.5. The number of aryl methyl sites for hydroxylation is 1. The van der Waals surface area contributed by atoms with Gasteiger partial charge in [-0.1, -0.05) is 12.1 Å². The van der Waals surface area contributed by atoms with Crippen LogP contribution >= 0.6 is 0 Å². The topological polar surface area (TPSA) is 56.1 Å². The van der Waals surface area contributed by atoms with E-state index in [1.54, 1.807) is 0 Å². The highest BCUT2D eigenvalue weighted by Gasteiger charge is 2.09. The predicted octanol–water partition coefficient (Wildman–Crippen LogP) is 2.05. The average Bonchev–Trinajstić information content (AvgIpc) is 2.50. The summed E-state index contributed by atoms with van der Waals surface area (Å²) >= 11 is 0. The minimum atomic E-state index is -0.0448. The van der Waals surface area contributed by atoms with Crippen molar-refractivity contribution in [3.05, 3.63) is 46.2 Å². The molecule has 0 saturated carbocycles. The van der Waals surface area contributed by atoms with Gasteiger partial charge in [-0.15, -0.1) is 0 Å². The van der Waals surface area contributed by atoms with E-state index in [4.69, 9.17) is 4.74 Å². The van der Waals surface area contributed by atoms with Crippen LogP contribution in [-0.2, 0) is 13.1 Å². The van der Waals surface area contributed by atoms with E-state index < -0.39 is 0 Å². The summed E-state index contributed by atoms with van der Waals surface area (Å²) < 4.78 is 7.01. The fourth-order valence-electron chi connectivity index (χ4n) is 2.18. The second-order valence-corrected chi connectivity index (χ2v) is 4.67. The van der Waals surface area contributed by atoms with Crippen LogP contribution in [0.3, 0.4) is 0 Å². The zero-order valence-corrected chi connectivity index (χ0v) is 12.7. The Labute approximate surface area is 124 Å². The Morgan fingerprint density at radius 3 is 2.76 bits per heavy atom. The first-order chi connectivity index (χ1) is 10.2. The van der Waals surface area contributed by atoms with Crippen LogP contribution in [0, 0.1) is 0 Å². The van der Waals surface area contributed by atoms with Crippen LogP contribution in [0.1, 0.15) is 19.4 Å². The van der Waals surface area contributed by atoms with Gasteiger partial charge in [0.1, 0.15) is 5.75 Å². The van der Waals surface area contributed by atoms with Gasteiger partial charge in [0.2, 0.25) is 0 Å². The maximum absolute atomic E-state index is 12.2. The number of hydrogen-bond donors (Lipinski definition) is 1. The molecule has 0 spiro atoms. The zero-order chi connectivity index (χ0) is 15.2. The minimum Gasteiger partial charge on any atom is -0.494 e. The van der Waals surface area contributed by atoms with E-state index >= 15 is 0 Å². The number of nitrogens with one attached hydrogen (secondary N) is 1. The molecule has 21 heavy (non-hydrogen) atoms. The molecule has 1 aromatic heterocycles. The lowest BCUT2D eigenvalue weighted by Gasteiger charge is -2.10. The van der Waals surface area contributed by atoms with E-state index in [9.17, 15) is 4.79 Å². The number of rotatable bonds is 6. The van der Waals surface area contributed by atoms with Crippen molar-refractivity contribution in [3.63, 3.8) is 0 Å². The molecule has 0 aliphatic carbocycles. The van der Waals surface area contributed by atoms with Gasteiger partial charge in [-0.25, -0.2) is 4.68 Å². The first-order valence-corrected chi connectivity index (χ1v) is 7.18. The van der Waals surface area contributed by atoms with E-state index in [0.717, 1.165) is 17.0 Å². The van der Waals surface area contributed by atoms with Crippen molar-refractivity contribution in [2.45, 2.75) is 26.9 Å². The molecule has 0 fully saturated rings. The Hall–Kier alpha value is -2.14. The van der Waals surface area contributed by atoms with Gasteiger partial charge in [-0.05, 0) is 39.1 Å². The molecule has 0 amide bonds. The Bertz CT molecular complexity index is 665. The summed E-state index contributed by atoms with van der Waals surface area (Å²) in [5.74, 6) is 0.807. The maximum Gasteiger partial charge on any atom is 0.271 e. The molecule has 0 unspecified atom stereocenters. The van der Waals surface area contributed by atoms with E-state index in [1.807, 2.05) is 51.2 Å². The van der Waals surface area contributed by atoms with Crippen LogP contribution in [0.4, 0.5) is 0 Å². The third kappa shape index (κ3) is 3.49. The van der Waals surface area contributed by atoms with Crippen molar-refractivity contribution >= 4 is 0 Å². The molecule has 1 aromatic carbocycles. The number of ether oxygens (including phenoxy) is 1. The Kier molecular flexibility index (Phi) is 5.11. The van der Waals surface area contributed by atoms with Gasteiger partial charge in [0, 0.05) is 24.2 Å². The summed E-state index contributed by atoms with van der Waals surface area (Å²) in [6.07, 6.45) is 0. The number of nitrogens with zero attached hydrogens (tertiary/aromatic N) is 2. The third-order valence-electron chi connectivity index (χ3n) is 3.16. The molecular weight excluding hydrogens is 266 g/mol. The van der Waals surface area contributed by atoms with Crippen LogP contribution in [0.5, 0.6) is 5.75 Å². The Morgan fingerprint density at radius 2 is 2.10 bits per heavy atom. The number of benzene rings is 1. The first kappa shape index (κ1) is 15.3. The second-order valence-electron chi connectivity index (χ2n) is 4.67. The quantitative estimate of drug-likeness (QED) is 0.883. The molecule has 1 heterocycles. The summed E-state index contributed by atoms with van der Waals surface area (Å²) in [4.78, 5) is 12.2. The lowest BCUT2D eigenvalue weighted by molar-refractivity contribution is 0.340. The fourth-order valence-corrected chi connectivity index (χ4v) is 2.18. The molecule has 0 radical (unpaired) electrons. The Balaban J connectivity index is 2.50. The average molecular weight is 287 g/mol. The van der Waals surface area contributed by atoms with Gasteiger partial charge in [0.25, 0.3) is 5.56 Å². The first-order valence-electron chi connectivity index (χ1n) is 7.18. The highest BCUT2D eigenvalue weighted by molar-refractivity contribution is 5.61. The van der Waals surface area contributed by atoms with Gasteiger partial charge in [0.15, 0.2) is 0 Å². The fraction of sp³-hybridized carbons (Fsp3) is 0.375. The van der Waals surface area contributed by atoms with E-state index in [1.165, 1.54) is 4.68 Å². The zero-order valence-electron chi connectivity index (χ0n) is 12.7. The molecular formula is C16H21N3O2. The minimum absolute atomic E-state index is 0.0448. The largest absolute Gasteiger partial charge is 0.494 e. The monoisotopic (exact) mass is 287 g/mol. The van der Waals surface area contributed by atoms with Crippen LogP contribution in [0.15, 0.2) is 35.1 Å². The SMILES string of the molecule is CCOc1cccc(-c2cc(CNC)c(=O)n(CC)n2)c1. The van der Waals surface area contributed by atoms with Crippen molar-refractivity contribution < 1.29 is 4.74 Å². The lowest BCUT2D eigenvalue weighted by Crippen LogP contribution is -2.28. The van der Waals surface area contributed by atoms with E-state index in [-0.39, 0.29) is 5.56 Å². The van der Waals surface area contributed by atoms with Crippen molar-refractivity contribution in [2.75, 3.05) is 13.7 Å². The number of aromatic nitrogens is 2. The predicted molar refractivity (Wildman–Crippen MR) is 83.5 cm³/mol. The van der Waals surface area contributed by atoms with Crippen molar-refractivity contribution in [1.82, 2.24) is 15.1 Å². The molecule has 2 rings (SSSR count). The van der Waals surface area contributed by atoms with E-state index in [0.29, 0.717) is 25.3 Å². The highest BCUT2D eigenvalue weighted by Crippen LogP contribution is 2.22. The Morgan fingerprint density at radius 1 is 1.29 bits per heavy atom. The van der Waals surface area contributed by atoms with Crippen LogP contribution in [0.2, 0.25) is 0 Å². The van der Waals surface area contributed by atoms with Gasteiger partial charge in [0.05, 0.1) is 12.3 Å². The molecule has 0 atom stereocenters. The second kappa shape index (κ2) is 7.04. The van der Waals surface area contributed by atoms with Gasteiger partial charge >= 0.3 is 0 Å². The molecule has 0 bridgehead atoms. The molecule has 0 aliphatic heterocycles. The third-order valence-corrected chi connectivity index (χ3v) is 3.16. The summed E-state index contributed by atoms with van der Waals surface area (Å²) in [7, 11) is 1.82. The maximum atomic E-state index is 12.2. The molecule has 5 heteroatoms. The smallest absolute Gasteiger partial charge is 0.271 e. The summed E-state index contributed by atoms with van der Waals surface area (Å²) in [6, 6.07) is 9.60. The molecule has 5 nitrogen and oxygen atoms in total. The molecule has 0 saturated heterocycles. The van der Waals surface area contributed by atoms with Crippen molar-refractivity contribution in [1.29, 1.82) is 0 Å². The summed E-state index contributed by atoms with van der Waals surface area (Å²) in [6.45, 7) is 5.57. The summed E-state index contributed by atoms with van der Waals surface area (Å²) in [5, 5.41) is 7.45. The van der Waals surface area contributed by atoms with Crippen molar-refractivity contribution in [3.8, 4) is 17.0 Å². The van der Waals surface area contributed by atoms with Crippen molar-refractivity contribution in [2.24, 2.45) is 0 Å². The molecule has 1 N–H and O–H groups in total. The van der Waals surface area contributed by atoms with Gasteiger partial charge in [-0.2, -0.15) is 5.10 Å². The summed E-state index contributed by atoms with van der Waals surface area (Å²) in [5.41, 5.74) is 2.39. The van der Waals surface area contributed by atoms with Crippen LogP contribution < -0.4 is 15.6 Å². The standard InChI is InChI=1S/C16H21N3O2/c1-4-19-16(20)13(11-17-3)10-15(18-19)12-7-6-8-14(9-12)21-5-2/h6-10,17H,4-5,11H2,1-3H3. The molecule has 0 aliphatic rings. The normalized spacial score (nSPS) is 10.6. The molecule has 2 aromatic rings. The lowest BCUT2D eigenvalue weighted by atomic mass is 10.1. The van der Waals surface area contributed by atoms with E-state index in [2.05, 4.69) is 10.4 Å². The molecule has 112 valence electrons. The van der Waals surface area contributed by atoms with Gasteiger partial charge in [-0.3, -0.25) is 4.79 Å². The van der Waals surface area contributed by atoms with Crippen LogP contribution in [0.25, 0.3) is 11.3 Å². The van der Waals surface area contributed by atoms with Crippen LogP contribution in [-0.4, -0.2) is 23.4 Å².